The SMILES string of the molecule is O=C(NCCNC1CCNCC1)C1CC1. The van der Waals surface area contributed by atoms with Gasteiger partial charge in [0.15, 0.2) is 0 Å². The van der Waals surface area contributed by atoms with E-state index in [4.69, 9.17) is 0 Å². The molecule has 3 N–H and O–H groups in total. The maximum Gasteiger partial charge on any atom is 0.223 e. The molecule has 2 aliphatic rings. The molecule has 15 heavy (non-hydrogen) atoms. The van der Waals surface area contributed by atoms with Gasteiger partial charge in [0.05, 0.1) is 0 Å². The minimum Gasteiger partial charge on any atom is -0.355 e. The average Bonchev–Trinajstić information content (AvgIpc) is 3.09. The summed E-state index contributed by atoms with van der Waals surface area (Å²) < 4.78 is 0. The summed E-state index contributed by atoms with van der Waals surface area (Å²) in [4.78, 5) is 11.3. The molecule has 0 atom stereocenters. The minimum atomic E-state index is 0.252. The summed E-state index contributed by atoms with van der Waals surface area (Å²) in [6.45, 7) is 3.92. The van der Waals surface area contributed by atoms with Crippen LogP contribution in [0.1, 0.15) is 25.7 Å². The van der Waals surface area contributed by atoms with E-state index in [1.54, 1.807) is 0 Å². The normalized spacial score (nSPS) is 22.7. The van der Waals surface area contributed by atoms with Crippen LogP contribution in [-0.2, 0) is 4.79 Å². The third-order valence-corrected chi connectivity index (χ3v) is 3.14. The van der Waals surface area contributed by atoms with Gasteiger partial charge in [-0.2, -0.15) is 0 Å². The Labute approximate surface area is 91.2 Å². The fourth-order valence-corrected chi connectivity index (χ4v) is 1.98. The highest BCUT2D eigenvalue weighted by Crippen LogP contribution is 2.28. The Hall–Kier alpha value is -0.610. The van der Waals surface area contributed by atoms with Crippen molar-refractivity contribution in [1.29, 1.82) is 0 Å². The van der Waals surface area contributed by atoms with Crippen molar-refractivity contribution in [2.45, 2.75) is 31.7 Å². The number of hydrogen-bond donors (Lipinski definition) is 3. The quantitative estimate of drug-likeness (QED) is 0.555. The van der Waals surface area contributed by atoms with Gasteiger partial charge < -0.3 is 16.0 Å². The lowest BCUT2D eigenvalue weighted by Gasteiger charge is -2.23. The molecule has 4 heteroatoms. The van der Waals surface area contributed by atoms with Gasteiger partial charge in [0.1, 0.15) is 0 Å². The minimum absolute atomic E-state index is 0.252. The number of carbonyl (C=O) groups excluding carboxylic acids is 1. The average molecular weight is 211 g/mol. The van der Waals surface area contributed by atoms with Crippen LogP contribution in [0.5, 0.6) is 0 Å². The molecule has 0 radical (unpaired) electrons. The summed E-state index contributed by atoms with van der Waals surface area (Å²) in [6, 6.07) is 0.643. The molecule has 0 spiro atoms. The molecule has 0 aromatic carbocycles. The Morgan fingerprint density at radius 2 is 1.87 bits per heavy atom. The van der Waals surface area contributed by atoms with E-state index in [1.165, 1.54) is 12.8 Å². The van der Waals surface area contributed by atoms with Crippen molar-refractivity contribution >= 4 is 5.91 Å². The van der Waals surface area contributed by atoms with E-state index in [0.29, 0.717) is 12.0 Å². The fourth-order valence-electron chi connectivity index (χ4n) is 1.98. The zero-order chi connectivity index (χ0) is 10.5. The van der Waals surface area contributed by atoms with E-state index < -0.39 is 0 Å². The molecular weight excluding hydrogens is 190 g/mol. The molecule has 0 aromatic heterocycles. The zero-order valence-electron chi connectivity index (χ0n) is 9.22. The Kier molecular flexibility index (Phi) is 3.97. The standard InChI is InChI=1S/C11H21N3O/c15-11(9-1-2-9)14-8-7-13-10-3-5-12-6-4-10/h9-10,12-13H,1-8H2,(H,14,15). The first-order valence-electron chi connectivity index (χ1n) is 6.08. The Bertz CT molecular complexity index is 210. The molecule has 1 saturated heterocycles. The predicted molar refractivity (Wildman–Crippen MR) is 59.6 cm³/mol. The highest BCUT2D eigenvalue weighted by atomic mass is 16.2. The van der Waals surface area contributed by atoms with Crippen LogP contribution in [0.25, 0.3) is 0 Å². The van der Waals surface area contributed by atoms with Crippen LogP contribution in [0.2, 0.25) is 0 Å². The van der Waals surface area contributed by atoms with Gasteiger partial charge in [0.2, 0.25) is 5.91 Å². The molecule has 1 aliphatic heterocycles. The van der Waals surface area contributed by atoms with Crippen LogP contribution in [0.4, 0.5) is 0 Å². The Morgan fingerprint density at radius 1 is 1.13 bits per heavy atom. The Balaban J connectivity index is 1.48. The third kappa shape index (κ3) is 3.80. The topological polar surface area (TPSA) is 53.2 Å². The summed E-state index contributed by atoms with van der Waals surface area (Å²) in [5.74, 6) is 0.589. The highest BCUT2D eigenvalue weighted by molar-refractivity contribution is 5.80. The van der Waals surface area contributed by atoms with E-state index in [-0.39, 0.29) is 5.91 Å². The number of nitrogens with one attached hydrogen (secondary N) is 3. The van der Waals surface area contributed by atoms with Gasteiger partial charge >= 0.3 is 0 Å². The molecular formula is C11H21N3O. The maximum absolute atomic E-state index is 11.3. The molecule has 2 rings (SSSR count). The lowest BCUT2D eigenvalue weighted by atomic mass is 10.1. The summed E-state index contributed by atoms with van der Waals surface area (Å²) in [5.41, 5.74) is 0. The summed E-state index contributed by atoms with van der Waals surface area (Å²) in [6.07, 6.45) is 4.59. The number of piperidine rings is 1. The smallest absolute Gasteiger partial charge is 0.223 e. The van der Waals surface area contributed by atoms with Crippen LogP contribution in [0.3, 0.4) is 0 Å². The number of rotatable bonds is 5. The first-order valence-corrected chi connectivity index (χ1v) is 6.08. The first kappa shape index (κ1) is 10.9. The van der Waals surface area contributed by atoms with Crippen molar-refractivity contribution in [2.24, 2.45) is 5.92 Å². The molecule has 1 aliphatic carbocycles. The van der Waals surface area contributed by atoms with Gasteiger partial charge in [-0.1, -0.05) is 0 Å². The summed E-state index contributed by atoms with van der Waals surface area (Å²) in [5, 5.41) is 9.79. The van der Waals surface area contributed by atoms with Gasteiger partial charge in [-0.05, 0) is 38.8 Å². The summed E-state index contributed by atoms with van der Waals surface area (Å²) >= 11 is 0. The lowest BCUT2D eigenvalue weighted by molar-refractivity contribution is -0.122. The van der Waals surface area contributed by atoms with Gasteiger partial charge in [0.25, 0.3) is 0 Å². The van der Waals surface area contributed by atoms with Gasteiger partial charge in [-0.3, -0.25) is 4.79 Å². The van der Waals surface area contributed by atoms with E-state index in [9.17, 15) is 4.79 Å². The highest BCUT2D eigenvalue weighted by Gasteiger charge is 2.28. The van der Waals surface area contributed by atoms with E-state index in [2.05, 4.69) is 16.0 Å². The van der Waals surface area contributed by atoms with E-state index >= 15 is 0 Å². The van der Waals surface area contributed by atoms with Crippen LogP contribution in [0, 0.1) is 5.92 Å². The second-order valence-corrected chi connectivity index (χ2v) is 4.54. The van der Waals surface area contributed by atoms with Crippen molar-refractivity contribution in [3.05, 3.63) is 0 Å². The molecule has 2 fully saturated rings. The van der Waals surface area contributed by atoms with Crippen molar-refractivity contribution in [3.63, 3.8) is 0 Å². The number of hydrogen-bond acceptors (Lipinski definition) is 3. The molecule has 4 nitrogen and oxygen atoms in total. The third-order valence-electron chi connectivity index (χ3n) is 3.14. The van der Waals surface area contributed by atoms with Crippen molar-refractivity contribution in [2.75, 3.05) is 26.2 Å². The Morgan fingerprint density at radius 3 is 2.53 bits per heavy atom. The van der Waals surface area contributed by atoms with Crippen LogP contribution >= 0.6 is 0 Å². The number of carbonyl (C=O) groups is 1. The van der Waals surface area contributed by atoms with Gasteiger partial charge in [0, 0.05) is 25.0 Å². The number of amides is 1. The van der Waals surface area contributed by atoms with Crippen molar-refractivity contribution in [1.82, 2.24) is 16.0 Å². The van der Waals surface area contributed by atoms with Gasteiger partial charge in [-0.15, -0.1) is 0 Å². The molecule has 1 amide bonds. The summed E-state index contributed by atoms with van der Waals surface area (Å²) in [7, 11) is 0. The van der Waals surface area contributed by atoms with E-state index in [1.807, 2.05) is 0 Å². The molecule has 1 saturated carbocycles. The molecule has 1 heterocycles. The monoisotopic (exact) mass is 211 g/mol. The fraction of sp³-hybridized carbons (Fsp3) is 0.909. The molecule has 0 bridgehead atoms. The first-order chi connectivity index (χ1) is 7.36. The zero-order valence-corrected chi connectivity index (χ0v) is 9.22. The largest absolute Gasteiger partial charge is 0.355 e. The second kappa shape index (κ2) is 5.47. The predicted octanol–water partition coefficient (Wildman–Crippen LogP) is -0.146. The lowest BCUT2D eigenvalue weighted by Crippen LogP contribution is -2.43. The maximum atomic E-state index is 11.3. The van der Waals surface area contributed by atoms with Crippen molar-refractivity contribution in [3.8, 4) is 0 Å². The van der Waals surface area contributed by atoms with Crippen LogP contribution in [-0.4, -0.2) is 38.1 Å². The molecule has 0 aromatic rings. The van der Waals surface area contributed by atoms with Crippen molar-refractivity contribution < 1.29 is 4.79 Å². The van der Waals surface area contributed by atoms with E-state index in [0.717, 1.165) is 39.0 Å². The molecule has 0 unspecified atom stereocenters. The van der Waals surface area contributed by atoms with Crippen LogP contribution < -0.4 is 16.0 Å². The second-order valence-electron chi connectivity index (χ2n) is 4.54. The van der Waals surface area contributed by atoms with Crippen LogP contribution in [0.15, 0.2) is 0 Å². The van der Waals surface area contributed by atoms with Gasteiger partial charge in [-0.25, -0.2) is 0 Å². The molecule has 86 valence electrons.